The van der Waals surface area contributed by atoms with E-state index in [4.69, 9.17) is 4.18 Å². The van der Waals surface area contributed by atoms with Crippen LogP contribution < -0.4 is 5.32 Å². The number of nitrogens with zero attached hydrogens (tertiary/aromatic N) is 1. The monoisotopic (exact) mass is 360 g/mol. The summed E-state index contributed by atoms with van der Waals surface area (Å²) >= 11 is 2.06. The van der Waals surface area contributed by atoms with Gasteiger partial charge >= 0.3 is 0 Å². The molecule has 1 aromatic rings. The van der Waals surface area contributed by atoms with Gasteiger partial charge in [-0.25, -0.2) is 0 Å². The van der Waals surface area contributed by atoms with E-state index in [0.29, 0.717) is 6.42 Å². The summed E-state index contributed by atoms with van der Waals surface area (Å²) in [7, 11) is 1.22. The summed E-state index contributed by atoms with van der Waals surface area (Å²) in [6, 6.07) is 10.2. The van der Waals surface area contributed by atoms with Gasteiger partial charge in [0, 0.05) is 44.4 Å². The Morgan fingerprint density at radius 1 is 1.47 bits per heavy atom. The maximum atomic E-state index is 9.53. The number of hydrogen-bond acceptors (Lipinski definition) is 4. The van der Waals surface area contributed by atoms with Crippen molar-refractivity contribution in [1.82, 2.24) is 0 Å². The summed E-state index contributed by atoms with van der Waals surface area (Å²) < 4.78 is 5.68. The fourth-order valence-electron chi connectivity index (χ4n) is 2.32. The van der Waals surface area contributed by atoms with E-state index in [1.165, 1.54) is 9.21 Å². The van der Waals surface area contributed by atoms with Crippen LogP contribution in [0, 0.1) is 11.3 Å². The summed E-state index contributed by atoms with van der Waals surface area (Å²) in [6.45, 7) is 4.16. The van der Waals surface area contributed by atoms with Crippen LogP contribution in [0.4, 0.5) is 5.69 Å². The number of hydrogen-bond donors (Lipinski definition) is 1. The molecule has 0 saturated heterocycles. The molecule has 1 aromatic carbocycles. The van der Waals surface area contributed by atoms with Gasteiger partial charge in [0.15, 0.2) is 5.60 Å². The van der Waals surface area contributed by atoms with Crippen LogP contribution in [0.1, 0.15) is 25.8 Å². The lowest BCUT2D eigenvalue weighted by molar-refractivity contribution is 0.123. The second-order valence-corrected chi connectivity index (χ2v) is 6.19. The van der Waals surface area contributed by atoms with E-state index in [1.807, 2.05) is 24.3 Å². The first-order valence-corrected chi connectivity index (χ1v) is 8.57. The lowest BCUT2D eigenvalue weighted by atomic mass is 9.78. The molecule has 0 aromatic heterocycles. The molecule has 0 fully saturated rings. The first-order valence-electron chi connectivity index (χ1n) is 5.28. The van der Waals surface area contributed by atoms with Crippen molar-refractivity contribution in [2.45, 2.75) is 31.4 Å². The smallest absolute Gasteiger partial charge is 0.198 e. The topological polar surface area (TPSA) is 45.0 Å². The highest BCUT2D eigenvalue weighted by molar-refractivity contribution is 14.2. The molecular formula is C12H13IN2OS. The van der Waals surface area contributed by atoms with Gasteiger partial charge in [0.05, 0.1) is 9.21 Å². The Labute approximate surface area is 118 Å². The Kier molecular flexibility index (Phi) is 3.57. The predicted octanol–water partition coefficient (Wildman–Crippen LogP) is 4.01. The number of anilines is 1. The van der Waals surface area contributed by atoms with Crippen LogP contribution in [-0.4, -0.2) is 5.54 Å². The number of benzene rings is 1. The third-order valence-electron chi connectivity index (χ3n) is 2.88. The fraction of sp³-hybridized carbons (Fsp3) is 0.417. The fourth-order valence-corrected chi connectivity index (χ4v) is 3.53. The quantitative estimate of drug-likeness (QED) is 0.639. The van der Waals surface area contributed by atoms with E-state index >= 15 is 0 Å². The van der Waals surface area contributed by atoms with Crippen molar-refractivity contribution in [3.63, 3.8) is 0 Å². The van der Waals surface area contributed by atoms with Crippen molar-refractivity contribution < 1.29 is 4.18 Å². The van der Waals surface area contributed by atoms with Crippen LogP contribution >= 0.6 is 30.4 Å². The summed E-state index contributed by atoms with van der Waals surface area (Å²) in [5.41, 5.74) is 0.884. The van der Waals surface area contributed by atoms with E-state index in [1.54, 1.807) is 0 Å². The SMILES string of the molecule is CC1(C)CC(C#N)(OSI)c2ccccc2N1. The van der Waals surface area contributed by atoms with Gasteiger partial charge in [-0.1, -0.05) is 18.2 Å². The molecule has 0 amide bonds. The number of halogens is 1. The predicted molar refractivity (Wildman–Crippen MR) is 78.7 cm³/mol. The summed E-state index contributed by atoms with van der Waals surface area (Å²) in [6.07, 6.45) is 0.628. The zero-order chi connectivity index (χ0) is 12.5. The van der Waals surface area contributed by atoms with Gasteiger partial charge in [-0.15, -0.1) is 0 Å². The number of nitrogens with one attached hydrogen (secondary N) is 1. The highest BCUT2D eigenvalue weighted by Crippen LogP contribution is 2.46. The zero-order valence-corrected chi connectivity index (χ0v) is 12.6. The normalized spacial score (nSPS) is 25.5. The van der Waals surface area contributed by atoms with Crippen LogP contribution in [0.2, 0.25) is 0 Å². The summed E-state index contributed by atoms with van der Waals surface area (Å²) in [4.78, 5) is 0. The van der Waals surface area contributed by atoms with Crippen LogP contribution in [-0.2, 0) is 9.78 Å². The Bertz CT molecular complexity index is 472. The standard InChI is InChI=1S/C12H13IN2OS/c1-11(2)7-12(8-14,16-17-13)9-5-3-4-6-10(9)15-11/h3-6,15H,7H2,1-2H3. The molecule has 1 heterocycles. The van der Waals surface area contributed by atoms with Gasteiger partial charge in [0.2, 0.25) is 0 Å². The second-order valence-electron chi connectivity index (χ2n) is 4.82. The van der Waals surface area contributed by atoms with Crippen LogP contribution in [0.5, 0.6) is 0 Å². The summed E-state index contributed by atoms with van der Waals surface area (Å²) in [5.74, 6) is 0. The van der Waals surface area contributed by atoms with Crippen molar-refractivity contribution in [2.24, 2.45) is 0 Å². The second kappa shape index (κ2) is 4.67. The number of fused-ring (bicyclic) bond motifs is 1. The van der Waals surface area contributed by atoms with E-state index in [-0.39, 0.29) is 5.54 Å². The van der Waals surface area contributed by atoms with E-state index in [0.717, 1.165) is 11.3 Å². The van der Waals surface area contributed by atoms with Gasteiger partial charge in [-0.2, -0.15) is 5.26 Å². The van der Waals surface area contributed by atoms with Crippen molar-refractivity contribution in [2.75, 3.05) is 5.32 Å². The molecular weight excluding hydrogens is 347 g/mol. The maximum absolute atomic E-state index is 9.53. The molecule has 0 radical (unpaired) electrons. The molecule has 0 aliphatic carbocycles. The molecule has 0 bridgehead atoms. The largest absolute Gasteiger partial charge is 0.380 e. The highest BCUT2D eigenvalue weighted by atomic mass is 127. The molecule has 1 aliphatic heterocycles. The molecule has 1 N–H and O–H groups in total. The van der Waals surface area contributed by atoms with E-state index in [2.05, 4.69) is 46.4 Å². The van der Waals surface area contributed by atoms with Crippen molar-refractivity contribution in [3.05, 3.63) is 29.8 Å². The number of nitriles is 1. The lowest BCUT2D eigenvalue weighted by Gasteiger charge is -2.42. The first-order chi connectivity index (χ1) is 8.03. The average Bonchev–Trinajstić information content (AvgIpc) is 2.28. The Hall–Kier alpha value is -0.450. The molecule has 0 saturated carbocycles. The Morgan fingerprint density at radius 2 is 2.18 bits per heavy atom. The zero-order valence-electron chi connectivity index (χ0n) is 9.66. The number of rotatable bonds is 2. The molecule has 1 atom stereocenters. The van der Waals surface area contributed by atoms with Crippen LogP contribution in [0.3, 0.4) is 0 Å². The molecule has 2 rings (SSSR count). The number of para-hydroxylation sites is 1. The van der Waals surface area contributed by atoms with Crippen molar-refractivity contribution in [3.8, 4) is 6.07 Å². The van der Waals surface area contributed by atoms with Crippen LogP contribution in [0.25, 0.3) is 0 Å². The molecule has 1 unspecified atom stereocenters. The van der Waals surface area contributed by atoms with Crippen molar-refractivity contribution >= 4 is 36.1 Å². The third kappa shape index (κ3) is 2.39. The Balaban J connectivity index is 2.56. The third-order valence-corrected chi connectivity index (χ3v) is 3.77. The lowest BCUT2D eigenvalue weighted by Crippen LogP contribution is -2.45. The maximum Gasteiger partial charge on any atom is 0.198 e. The van der Waals surface area contributed by atoms with Gasteiger partial charge in [0.1, 0.15) is 6.07 Å². The Morgan fingerprint density at radius 3 is 2.82 bits per heavy atom. The average molecular weight is 360 g/mol. The van der Waals surface area contributed by atoms with Crippen molar-refractivity contribution in [1.29, 1.82) is 5.26 Å². The first kappa shape index (κ1) is 13.0. The molecule has 3 nitrogen and oxygen atoms in total. The van der Waals surface area contributed by atoms with E-state index in [9.17, 15) is 5.26 Å². The molecule has 17 heavy (non-hydrogen) atoms. The van der Waals surface area contributed by atoms with Gasteiger partial charge in [-0.05, 0) is 19.9 Å². The van der Waals surface area contributed by atoms with Crippen LogP contribution in [0.15, 0.2) is 24.3 Å². The van der Waals surface area contributed by atoms with Gasteiger partial charge in [0.25, 0.3) is 0 Å². The van der Waals surface area contributed by atoms with E-state index < -0.39 is 5.60 Å². The minimum absolute atomic E-state index is 0.156. The van der Waals surface area contributed by atoms with Gasteiger partial charge < -0.3 is 5.32 Å². The molecule has 5 heteroatoms. The summed E-state index contributed by atoms with van der Waals surface area (Å²) in [5, 5.41) is 13.0. The minimum Gasteiger partial charge on any atom is -0.380 e. The highest BCUT2D eigenvalue weighted by Gasteiger charge is 2.45. The van der Waals surface area contributed by atoms with Gasteiger partial charge in [-0.3, -0.25) is 4.18 Å². The molecule has 90 valence electrons. The molecule has 0 spiro atoms. The molecule has 1 aliphatic rings. The minimum atomic E-state index is -0.864.